The lowest BCUT2D eigenvalue weighted by molar-refractivity contribution is 0.102. The van der Waals surface area contributed by atoms with Crippen LogP contribution < -0.4 is 5.32 Å². The fraction of sp³-hybridized carbons (Fsp3) is 0. The van der Waals surface area contributed by atoms with Gasteiger partial charge in [-0.15, -0.1) is 0 Å². The minimum absolute atomic E-state index is 0.00461. The van der Waals surface area contributed by atoms with E-state index >= 15 is 0 Å². The van der Waals surface area contributed by atoms with Crippen molar-refractivity contribution in [1.29, 1.82) is 0 Å². The third-order valence-electron chi connectivity index (χ3n) is 2.04. The standard InChI is InChI=1S/C11H6BrClFNO2/c12-8-2-1-6(14)5-9(8)15-11(16)7-3-4-17-10(7)13/h1-5H,(H,15,16). The van der Waals surface area contributed by atoms with Gasteiger partial charge in [0.2, 0.25) is 5.22 Å². The minimum Gasteiger partial charge on any atom is -0.452 e. The Kier molecular flexibility index (Phi) is 3.49. The Morgan fingerprint density at radius 1 is 1.41 bits per heavy atom. The Bertz CT molecular complexity index is 570. The summed E-state index contributed by atoms with van der Waals surface area (Å²) in [6.07, 6.45) is 1.30. The van der Waals surface area contributed by atoms with Gasteiger partial charge in [0.25, 0.3) is 5.91 Å². The van der Waals surface area contributed by atoms with Crippen molar-refractivity contribution in [3.63, 3.8) is 0 Å². The van der Waals surface area contributed by atoms with E-state index in [1.807, 2.05) is 0 Å². The van der Waals surface area contributed by atoms with E-state index in [1.54, 1.807) is 0 Å². The number of benzene rings is 1. The number of halogens is 3. The Labute approximate surface area is 110 Å². The summed E-state index contributed by atoms with van der Waals surface area (Å²) in [5.41, 5.74) is 0.523. The number of nitrogens with one attached hydrogen (secondary N) is 1. The first-order chi connectivity index (χ1) is 8.08. The SMILES string of the molecule is O=C(Nc1cc(F)ccc1Br)c1ccoc1Cl. The Balaban J connectivity index is 2.24. The quantitative estimate of drug-likeness (QED) is 0.906. The van der Waals surface area contributed by atoms with Gasteiger partial charge in [-0.05, 0) is 51.8 Å². The lowest BCUT2D eigenvalue weighted by atomic mass is 10.2. The molecule has 17 heavy (non-hydrogen) atoms. The number of carbonyl (C=O) groups excluding carboxylic acids is 1. The highest BCUT2D eigenvalue weighted by molar-refractivity contribution is 9.10. The zero-order valence-corrected chi connectivity index (χ0v) is 10.7. The van der Waals surface area contributed by atoms with Crippen molar-refractivity contribution >= 4 is 39.1 Å². The van der Waals surface area contributed by atoms with E-state index < -0.39 is 11.7 Å². The van der Waals surface area contributed by atoms with Gasteiger partial charge in [-0.3, -0.25) is 4.79 Å². The third-order valence-corrected chi connectivity index (χ3v) is 3.02. The van der Waals surface area contributed by atoms with Gasteiger partial charge >= 0.3 is 0 Å². The fourth-order valence-corrected chi connectivity index (χ4v) is 1.78. The summed E-state index contributed by atoms with van der Waals surface area (Å²) < 4.78 is 18.4. The van der Waals surface area contributed by atoms with Gasteiger partial charge in [0.05, 0.1) is 17.5 Å². The van der Waals surface area contributed by atoms with Crippen LogP contribution in [0.1, 0.15) is 10.4 Å². The normalized spacial score (nSPS) is 10.3. The first-order valence-corrected chi connectivity index (χ1v) is 5.74. The highest BCUT2D eigenvalue weighted by atomic mass is 79.9. The summed E-state index contributed by atoms with van der Waals surface area (Å²) >= 11 is 8.86. The Morgan fingerprint density at radius 3 is 2.82 bits per heavy atom. The fourth-order valence-electron chi connectivity index (χ4n) is 1.24. The molecule has 0 bridgehead atoms. The molecule has 1 aromatic carbocycles. The van der Waals surface area contributed by atoms with E-state index in [2.05, 4.69) is 21.2 Å². The largest absolute Gasteiger partial charge is 0.452 e. The van der Waals surface area contributed by atoms with Gasteiger partial charge in [-0.1, -0.05) is 0 Å². The van der Waals surface area contributed by atoms with Crippen LogP contribution in [-0.4, -0.2) is 5.91 Å². The highest BCUT2D eigenvalue weighted by Crippen LogP contribution is 2.25. The molecular formula is C11H6BrClFNO2. The number of carbonyl (C=O) groups is 1. The van der Waals surface area contributed by atoms with Crippen LogP contribution in [-0.2, 0) is 0 Å². The van der Waals surface area contributed by atoms with Crippen LogP contribution in [0.15, 0.2) is 39.4 Å². The Hall–Kier alpha value is -1.33. The molecule has 1 aromatic heterocycles. The van der Waals surface area contributed by atoms with Gasteiger partial charge in [0, 0.05) is 4.47 Å². The monoisotopic (exact) mass is 317 g/mol. The number of amides is 1. The second-order valence-corrected chi connectivity index (χ2v) is 4.38. The van der Waals surface area contributed by atoms with Crippen LogP contribution in [0, 0.1) is 5.82 Å². The molecule has 6 heteroatoms. The second kappa shape index (κ2) is 4.89. The Morgan fingerprint density at radius 2 is 2.18 bits per heavy atom. The van der Waals surface area contributed by atoms with E-state index in [-0.39, 0.29) is 10.8 Å². The molecule has 0 fully saturated rings. The molecule has 0 saturated heterocycles. The van der Waals surface area contributed by atoms with Gasteiger partial charge in [-0.25, -0.2) is 4.39 Å². The lowest BCUT2D eigenvalue weighted by Crippen LogP contribution is -2.12. The number of hydrogen-bond donors (Lipinski definition) is 1. The predicted octanol–water partition coefficient (Wildman–Crippen LogP) is 4.09. The van der Waals surface area contributed by atoms with E-state index in [0.717, 1.165) is 0 Å². The molecule has 1 amide bonds. The molecule has 0 aliphatic heterocycles. The van der Waals surface area contributed by atoms with Crippen molar-refractivity contribution in [2.45, 2.75) is 0 Å². The molecule has 0 aliphatic carbocycles. The molecule has 0 saturated carbocycles. The molecule has 1 heterocycles. The van der Waals surface area contributed by atoms with E-state index in [1.165, 1.54) is 30.5 Å². The van der Waals surface area contributed by atoms with Crippen LogP contribution in [0.2, 0.25) is 5.22 Å². The number of rotatable bonds is 2. The molecule has 0 spiro atoms. The molecule has 2 aromatic rings. The molecule has 2 rings (SSSR count). The first-order valence-electron chi connectivity index (χ1n) is 4.57. The molecule has 0 aliphatic rings. The smallest absolute Gasteiger partial charge is 0.260 e. The van der Waals surface area contributed by atoms with E-state index in [0.29, 0.717) is 10.2 Å². The molecule has 1 N–H and O–H groups in total. The van der Waals surface area contributed by atoms with Gasteiger partial charge in [0.1, 0.15) is 5.82 Å². The maximum absolute atomic E-state index is 13.0. The minimum atomic E-state index is -0.463. The van der Waals surface area contributed by atoms with Crippen molar-refractivity contribution < 1.29 is 13.6 Å². The number of hydrogen-bond acceptors (Lipinski definition) is 2. The summed E-state index contributed by atoms with van der Waals surface area (Å²) in [5.74, 6) is -0.906. The molecule has 0 radical (unpaired) electrons. The number of furan rings is 1. The highest BCUT2D eigenvalue weighted by Gasteiger charge is 2.14. The van der Waals surface area contributed by atoms with Crippen LogP contribution >= 0.6 is 27.5 Å². The summed E-state index contributed by atoms with van der Waals surface area (Å²) in [5, 5.41) is 2.52. The van der Waals surface area contributed by atoms with E-state index in [4.69, 9.17) is 16.0 Å². The first kappa shape index (κ1) is 12.1. The maximum Gasteiger partial charge on any atom is 0.260 e. The summed E-state index contributed by atoms with van der Waals surface area (Å²) in [6, 6.07) is 5.42. The van der Waals surface area contributed by atoms with Crippen molar-refractivity contribution in [2.24, 2.45) is 0 Å². The second-order valence-electron chi connectivity index (χ2n) is 3.19. The summed E-state index contributed by atoms with van der Waals surface area (Å²) in [4.78, 5) is 11.8. The van der Waals surface area contributed by atoms with Crippen LogP contribution in [0.25, 0.3) is 0 Å². The third kappa shape index (κ3) is 2.68. The van der Waals surface area contributed by atoms with Gasteiger partial charge in [-0.2, -0.15) is 0 Å². The summed E-state index contributed by atoms with van der Waals surface area (Å²) in [6.45, 7) is 0. The van der Waals surface area contributed by atoms with Crippen molar-refractivity contribution in [2.75, 3.05) is 5.32 Å². The van der Waals surface area contributed by atoms with Gasteiger partial charge in [0.15, 0.2) is 0 Å². The zero-order valence-electron chi connectivity index (χ0n) is 8.34. The van der Waals surface area contributed by atoms with Crippen molar-refractivity contribution in [1.82, 2.24) is 0 Å². The zero-order chi connectivity index (χ0) is 12.4. The lowest BCUT2D eigenvalue weighted by Gasteiger charge is -2.06. The summed E-state index contributed by atoms with van der Waals surface area (Å²) in [7, 11) is 0. The van der Waals surface area contributed by atoms with Crippen LogP contribution in [0.5, 0.6) is 0 Å². The van der Waals surface area contributed by atoms with Crippen LogP contribution in [0.3, 0.4) is 0 Å². The maximum atomic E-state index is 13.0. The van der Waals surface area contributed by atoms with Crippen molar-refractivity contribution in [3.05, 3.63) is 51.6 Å². The molecular weight excluding hydrogens is 312 g/mol. The predicted molar refractivity (Wildman–Crippen MR) is 65.8 cm³/mol. The van der Waals surface area contributed by atoms with Crippen LogP contribution in [0.4, 0.5) is 10.1 Å². The van der Waals surface area contributed by atoms with Crippen molar-refractivity contribution in [3.8, 4) is 0 Å². The average Bonchev–Trinajstić information content (AvgIpc) is 2.70. The molecule has 88 valence electrons. The molecule has 3 nitrogen and oxygen atoms in total. The molecule has 0 atom stereocenters. The molecule has 0 unspecified atom stereocenters. The number of anilines is 1. The topological polar surface area (TPSA) is 42.2 Å². The average molecular weight is 319 g/mol. The van der Waals surface area contributed by atoms with Gasteiger partial charge < -0.3 is 9.73 Å². The van der Waals surface area contributed by atoms with E-state index in [9.17, 15) is 9.18 Å².